The van der Waals surface area contributed by atoms with Gasteiger partial charge >= 0.3 is 30.7 Å². The molecule has 0 saturated heterocycles. The summed E-state index contributed by atoms with van der Waals surface area (Å²) in [4.78, 5) is 27.7. The summed E-state index contributed by atoms with van der Waals surface area (Å²) in [5, 5.41) is 0. The number of benzene rings is 2. The number of ether oxygens (including phenoxy) is 2. The summed E-state index contributed by atoms with van der Waals surface area (Å²) < 4.78 is 132. The highest BCUT2D eigenvalue weighted by molar-refractivity contribution is 5.90. The van der Waals surface area contributed by atoms with Gasteiger partial charge in [-0.2, -0.15) is 39.5 Å². The van der Waals surface area contributed by atoms with E-state index in [0.717, 1.165) is 23.0 Å². The maximum Gasteiger partial charge on any atom is 0.416 e. The standard InChI is InChI=1S/C27H27F9N2O4/c1-14(2)13-42-24(40)38-15(3)7-22(20-11-17(25(28,29)30)5-6-21(20)38)37(23(39)41-4)12-16-8-18(26(31,32)33)10-19(9-16)27(34,35)36/h5-6,8-11,14-15,22H,7,12-13H2,1-4H3/t15-,22+/m0/s1. The van der Waals surface area contributed by atoms with Gasteiger partial charge in [0.15, 0.2) is 0 Å². The van der Waals surface area contributed by atoms with Gasteiger partial charge in [0, 0.05) is 12.6 Å². The molecular weight excluding hydrogens is 587 g/mol. The van der Waals surface area contributed by atoms with Gasteiger partial charge in [-0.1, -0.05) is 13.8 Å². The van der Waals surface area contributed by atoms with Crippen molar-refractivity contribution < 1.29 is 58.6 Å². The number of hydrogen-bond donors (Lipinski definition) is 0. The molecule has 0 bridgehead atoms. The second-order valence-corrected chi connectivity index (χ2v) is 10.2. The molecule has 0 N–H and O–H groups in total. The lowest BCUT2D eigenvalue weighted by Gasteiger charge is -2.42. The van der Waals surface area contributed by atoms with Crippen molar-refractivity contribution in [3.63, 3.8) is 0 Å². The van der Waals surface area contributed by atoms with Crippen LogP contribution in [0.5, 0.6) is 0 Å². The van der Waals surface area contributed by atoms with Crippen molar-refractivity contribution >= 4 is 17.9 Å². The normalized spacial score (nSPS) is 17.6. The van der Waals surface area contributed by atoms with Gasteiger partial charge in [-0.05, 0) is 66.8 Å². The highest BCUT2D eigenvalue weighted by Crippen LogP contribution is 2.45. The number of alkyl halides is 9. The maximum absolute atomic E-state index is 13.7. The molecule has 0 saturated carbocycles. The van der Waals surface area contributed by atoms with Crippen molar-refractivity contribution in [3.05, 3.63) is 64.2 Å². The molecular formula is C27H27F9N2O4. The Morgan fingerprint density at radius 2 is 1.45 bits per heavy atom. The highest BCUT2D eigenvalue weighted by atomic mass is 19.4. The first kappa shape index (κ1) is 32.9. The van der Waals surface area contributed by atoms with Gasteiger partial charge in [0.25, 0.3) is 0 Å². The van der Waals surface area contributed by atoms with E-state index < -0.39 is 71.6 Å². The van der Waals surface area contributed by atoms with Gasteiger partial charge in [0.05, 0.1) is 42.1 Å². The fraction of sp³-hybridized carbons (Fsp3) is 0.481. The predicted molar refractivity (Wildman–Crippen MR) is 131 cm³/mol. The number of hydrogen-bond acceptors (Lipinski definition) is 4. The number of fused-ring (bicyclic) bond motifs is 1. The van der Waals surface area contributed by atoms with Crippen LogP contribution in [0, 0.1) is 5.92 Å². The third-order valence-corrected chi connectivity index (χ3v) is 6.50. The molecule has 1 aliphatic rings. The lowest BCUT2D eigenvalue weighted by molar-refractivity contribution is -0.143. The third kappa shape index (κ3) is 7.40. The van der Waals surface area contributed by atoms with Crippen molar-refractivity contribution in [1.82, 2.24) is 4.90 Å². The van der Waals surface area contributed by atoms with Gasteiger partial charge < -0.3 is 9.47 Å². The minimum atomic E-state index is -5.17. The van der Waals surface area contributed by atoms with Crippen LogP contribution < -0.4 is 4.90 Å². The van der Waals surface area contributed by atoms with Crippen molar-refractivity contribution in [2.24, 2.45) is 5.92 Å². The summed E-state index contributed by atoms with van der Waals surface area (Å²) >= 11 is 0. The van der Waals surface area contributed by atoms with Crippen LogP contribution >= 0.6 is 0 Å². The van der Waals surface area contributed by atoms with Crippen molar-refractivity contribution in [3.8, 4) is 0 Å². The molecule has 15 heteroatoms. The van der Waals surface area contributed by atoms with Gasteiger partial charge in [-0.15, -0.1) is 0 Å². The number of carbonyl (C=O) groups excluding carboxylic acids is 2. The zero-order valence-electron chi connectivity index (χ0n) is 22.7. The minimum absolute atomic E-state index is 0.00712. The summed E-state index contributed by atoms with van der Waals surface area (Å²) in [5.41, 5.74) is -5.31. The van der Waals surface area contributed by atoms with E-state index in [-0.39, 0.29) is 36.3 Å². The Labute approximate surface area is 235 Å². The summed E-state index contributed by atoms with van der Waals surface area (Å²) in [6.45, 7) is 4.14. The molecule has 0 spiro atoms. The Kier molecular flexibility index (Phi) is 9.32. The van der Waals surface area contributed by atoms with Gasteiger partial charge in [0.1, 0.15) is 0 Å². The van der Waals surface area contributed by atoms with E-state index in [9.17, 15) is 49.1 Å². The number of carbonyl (C=O) groups is 2. The van der Waals surface area contributed by atoms with Crippen LogP contribution in [0.1, 0.15) is 61.1 Å². The molecule has 1 aliphatic heterocycles. The number of anilines is 1. The first-order valence-corrected chi connectivity index (χ1v) is 12.5. The molecule has 1 heterocycles. The molecule has 0 aliphatic carbocycles. The largest absolute Gasteiger partial charge is 0.453 e. The van der Waals surface area contributed by atoms with Crippen molar-refractivity contribution in [2.45, 2.75) is 64.3 Å². The van der Waals surface area contributed by atoms with Crippen LogP contribution in [0.3, 0.4) is 0 Å². The Morgan fingerprint density at radius 1 is 0.905 bits per heavy atom. The SMILES string of the molecule is COC(=O)N(Cc1cc(C(F)(F)F)cc(C(F)(F)F)c1)[C@@H]1C[C@H](C)N(C(=O)OCC(C)C)c2ccc(C(F)(F)F)cc21. The minimum Gasteiger partial charge on any atom is -0.453 e. The van der Waals surface area contributed by atoms with Gasteiger partial charge in [-0.25, -0.2) is 9.59 Å². The first-order chi connectivity index (χ1) is 19.2. The lowest BCUT2D eigenvalue weighted by Crippen LogP contribution is -2.48. The van der Waals surface area contributed by atoms with E-state index in [1.807, 2.05) is 0 Å². The predicted octanol–water partition coefficient (Wildman–Crippen LogP) is 8.44. The summed E-state index contributed by atoms with van der Waals surface area (Å²) in [6, 6.07) is 0.972. The summed E-state index contributed by atoms with van der Waals surface area (Å²) in [5.74, 6) is -0.0715. The highest BCUT2D eigenvalue weighted by Gasteiger charge is 2.42. The van der Waals surface area contributed by atoms with Crippen molar-refractivity contribution in [1.29, 1.82) is 0 Å². The molecule has 232 valence electrons. The molecule has 2 atom stereocenters. The lowest BCUT2D eigenvalue weighted by atomic mass is 9.89. The number of methoxy groups -OCH3 is 1. The molecule has 3 rings (SSSR count). The fourth-order valence-corrected chi connectivity index (χ4v) is 4.62. The van der Waals surface area contributed by atoms with E-state index in [4.69, 9.17) is 9.47 Å². The number of nitrogens with zero attached hydrogens (tertiary/aromatic N) is 2. The van der Waals surface area contributed by atoms with E-state index >= 15 is 0 Å². The summed E-state index contributed by atoms with van der Waals surface area (Å²) in [7, 11) is 0.900. The van der Waals surface area contributed by atoms with E-state index in [0.29, 0.717) is 24.3 Å². The van der Waals surface area contributed by atoms with Crippen LogP contribution in [0.15, 0.2) is 36.4 Å². The molecule has 42 heavy (non-hydrogen) atoms. The molecule has 2 aromatic rings. The molecule has 0 fully saturated rings. The average molecular weight is 615 g/mol. The Hall–Kier alpha value is -3.65. The third-order valence-electron chi connectivity index (χ3n) is 6.50. The Morgan fingerprint density at radius 3 is 1.93 bits per heavy atom. The zero-order valence-corrected chi connectivity index (χ0v) is 22.7. The molecule has 0 aromatic heterocycles. The number of amides is 2. The fourth-order valence-electron chi connectivity index (χ4n) is 4.62. The maximum atomic E-state index is 13.7. The quantitative estimate of drug-likeness (QED) is 0.317. The van der Waals surface area contributed by atoms with E-state index in [2.05, 4.69) is 0 Å². The van der Waals surface area contributed by atoms with Gasteiger partial charge in [-0.3, -0.25) is 9.80 Å². The van der Waals surface area contributed by atoms with Crippen molar-refractivity contribution in [2.75, 3.05) is 18.6 Å². The zero-order chi connectivity index (χ0) is 31.8. The average Bonchev–Trinajstić information content (AvgIpc) is 2.87. The number of rotatable bonds is 5. The molecule has 2 amide bonds. The van der Waals surface area contributed by atoms with Gasteiger partial charge in [0.2, 0.25) is 0 Å². The molecule has 0 unspecified atom stereocenters. The van der Waals surface area contributed by atoms with Crippen LogP contribution in [0.4, 0.5) is 54.8 Å². The molecule has 6 nitrogen and oxygen atoms in total. The Bertz CT molecular complexity index is 1270. The first-order valence-electron chi connectivity index (χ1n) is 12.5. The monoisotopic (exact) mass is 614 g/mol. The second kappa shape index (κ2) is 11.9. The molecule has 2 aromatic carbocycles. The smallest absolute Gasteiger partial charge is 0.416 e. The van der Waals surface area contributed by atoms with Crippen LogP contribution in [0.2, 0.25) is 0 Å². The van der Waals surface area contributed by atoms with Crippen LogP contribution in [-0.2, 0) is 34.5 Å². The van der Waals surface area contributed by atoms with Crippen LogP contribution in [0.25, 0.3) is 0 Å². The molecule has 0 radical (unpaired) electrons. The van der Waals surface area contributed by atoms with E-state index in [1.165, 1.54) is 6.92 Å². The van der Waals surface area contributed by atoms with E-state index in [1.54, 1.807) is 13.8 Å². The second-order valence-electron chi connectivity index (χ2n) is 10.2. The topological polar surface area (TPSA) is 59.1 Å². The van der Waals surface area contributed by atoms with Crippen LogP contribution in [-0.4, -0.2) is 36.8 Å². The number of halogens is 9. The Balaban J connectivity index is 2.18. The summed E-state index contributed by atoms with van der Waals surface area (Å²) in [6.07, 6.45) is -17.5.